The van der Waals surface area contributed by atoms with Gasteiger partial charge in [0.05, 0.1) is 25.0 Å². The molecule has 0 aliphatic heterocycles. The summed E-state index contributed by atoms with van der Waals surface area (Å²) in [5.41, 5.74) is 1.19. The highest BCUT2D eigenvalue weighted by molar-refractivity contribution is 5.69. The molecule has 1 aromatic heterocycles. The van der Waals surface area contributed by atoms with E-state index in [0.29, 0.717) is 25.6 Å². The van der Waals surface area contributed by atoms with Crippen LogP contribution in [-0.4, -0.2) is 28.7 Å². The standard InChI is InChI=1S/C12H19N3O2/c1-2-17-12(16)5-6-13-7-11-8-14-9-15(11)10-3-4-10/h8-10,13H,2-7H2,1H3. The SMILES string of the molecule is CCOC(=O)CCNCc1cncn1C1CC1. The summed E-state index contributed by atoms with van der Waals surface area (Å²) < 4.78 is 7.07. The first-order valence-corrected chi connectivity index (χ1v) is 6.18. The van der Waals surface area contributed by atoms with Crippen LogP contribution in [0.3, 0.4) is 0 Å². The molecule has 0 aromatic carbocycles. The van der Waals surface area contributed by atoms with Gasteiger partial charge in [0.2, 0.25) is 0 Å². The van der Waals surface area contributed by atoms with Crippen molar-refractivity contribution in [2.45, 2.75) is 38.8 Å². The molecule has 0 spiro atoms. The van der Waals surface area contributed by atoms with E-state index in [1.165, 1.54) is 18.5 Å². The van der Waals surface area contributed by atoms with Crippen LogP contribution in [0.2, 0.25) is 0 Å². The molecule has 1 fully saturated rings. The largest absolute Gasteiger partial charge is 0.466 e. The lowest BCUT2D eigenvalue weighted by atomic mass is 10.4. The fraction of sp³-hybridized carbons (Fsp3) is 0.667. The molecule has 1 heterocycles. The Kier molecular flexibility index (Phi) is 4.14. The summed E-state index contributed by atoms with van der Waals surface area (Å²) in [7, 11) is 0. The smallest absolute Gasteiger partial charge is 0.307 e. The van der Waals surface area contributed by atoms with Crippen molar-refractivity contribution in [1.82, 2.24) is 14.9 Å². The molecule has 0 unspecified atom stereocenters. The Hall–Kier alpha value is -1.36. The van der Waals surface area contributed by atoms with Gasteiger partial charge in [0.15, 0.2) is 0 Å². The molecule has 0 saturated heterocycles. The molecule has 1 aliphatic rings. The number of rotatable bonds is 7. The number of hydrogen-bond donors (Lipinski definition) is 1. The summed E-state index contributed by atoms with van der Waals surface area (Å²) >= 11 is 0. The molecule has 5 nitrogen and oxygen atoms in total. The lowest BCUT2D eigenvalue weighted by Crippen LogP contribution is -2.20. The first-order valence-electron chi connectivity index (χ1n) is 6.18. The number of hydrogen-bond acceptors (Lipinski definition) is 4. The van der Waals surface area contributed by atoms with Crippen molar-refractivity contribution in [2.75, 3.05) is 13.2 Å². The zero-order valence-corrected chi connectivity index (χ0v) is 10.2. The zero-order valence-electron chi connectivity index (χ0n) is 10.2. The second-order valence-electron chi connectivity index (χ2n) is 4.26. The maximum absolute atomic E-state index is 11.1. The van der Waals surface area contributed by atoms with E-state index in [-0.39, 0.29) is 5.97 Å². The quantitative estimate of drug-likeness (QED) is 0.573. The zero-order chi connectivity index (χ0) is 12.1. The molecule has 0 bridgehead atoms. The van der Waals surface area contributed by atoms with Crippen molar-refractivity contribution in [3.63, 3.8) is 0 Å². The molecule has 1 saturated carbocycles. The molecule has 2 rings (SSSR count). The van der Waals surface area contributed by atoms with Gasteiger partial charge in [-0.15, -0.1) is 0 Å². The Balaban J connectivity index is 1.67. The van der Waals surface area contributed by atoms with Crippen LogP contribution in [0.25, 0.3) is 0 Å². The van der Waals surface area contributed by atoms with Crippen molar-refractivity contribution in [3.8, 4) is 0 Å². The van der Waals surface area contributed by atoms with Crippen LogP contribution in [0.1, 0.15) is 37.9 Å². The first kappa shape index (κ1) is 12.1. The maximum Gasteiger partial charge on any atom is 0.307 e. The van der Waals surface area contributed by atoms with Crippen molar-refractivity contribution in [1.29, 1.82) is 0 Å². The topological polar surface area (TPSA) is 56.1 Å². The van der Waals surface area contributed by atoms with Crippen molar-refractivity contribution in [2.24, 2.45) is 0 Å². The Morgan fingerprint density at radius 2 is 2.47 bits per heavy atom. The van der Waals surface area contributed by atoms with Gasteiger partial charge in [-0.05, 0) is 19.8 Å². The third kappa shape index (κ3) is 3.56. The predicted molar refractivity (Wildman–Crippen MR) is 63.5 cm³/mol. The second kappa shape index (κ2) is 5.82. The van der Waals surface area contributed by atoms with Gasteiger partial charge >= 0.3 is 5.97 Å². The third-order valence-electron chi connectivity index (χ3n) is 2.80. The summed E-state index contributed by atoms with van der Waals surface area (Å²) in [5, 5.41) is 3.24. The molecule has 94 valence electrons. The molecule has 1 aromatic rings. The van der Waals surface area contributed by atoms with Crippen LogP contribution in [0.15, 0.2) is 12.5 Å². The fourth-order valence-corrected chi connectivity index (χ4v) is 1.79. The molecule has 0 amide bonds. The van der Waals surface area contributed by atoms with Crippen molar-refractivity contribution in [3.05, 3.63) is 18.2 Å². The van der Waals surface area contributed by atoms with E-state index >= 15 is 0 Å². The Morgan fingerprint density at radius 3 is 3.18 bits per heavy atom. The average Bonchev–Trinajstić information content (AvgIpc) is 3.05. The van der Waals surface area contributed by atoms with Crippen LogP contribution in [-0.2, 0) is 16.1 Å². The maximum atomic E-state index is 11.1. The normalized spacial score (nSPS) is 14.9. The summed E-state index contributed by atoms with van der Waals surface area (Å²) in [6.45, 7) is 3.68. The van der Waals surface area contributed by atoms with E-state index in [1.807, 2.05) is 19.4 Å². The Morgan fingerprint density at radius 1 is 1.65 bits per heavy atom. The average molecular weight is 237 g/mol. The number of nitrogens with one attached hydrogen (secondary N) is 1. The number of aromatic nitrogens is 2. The monoisotopic (exact) mass is 237 g/mol. The van der Waals surface area contributed by atoms with E-state index in [0.717, 1.165) is 6.54 Å². The molecule has 17 heavy (non-hydrogen) atoms. The molecule has 0 atom stereocenters. The van der Waals surface area contributed by atoms with E-state index in [9.17, 15) is 4.79 Å². The number of carbonyl (C=O) groups excluding carboxylic acids is 1. The molecule has 1 N–H and O–H groups in total. The number of ether oxygens (including phenoxy) is 1. The highest BCUT2D eigenvalue weighted by Crippen LogP contribution is 2.35. The van der Waals surface area contributed by atoms with Crippen LogP contribution < -0.4 is 5.32 Å². The second-order valence-corrected chi connectivity index (χ2v) is 4.26. The van der Waals surface area contributed by atoms with Crippen LogP contribution in [0.4, 0.5) is 0 Å². The van der Waals surface area contributed by atoms with E-state index in [4.69, 9.17) is 4.74 Å². The van der Waals surface area contributed by atoms with Gasteiger partial charge < -0.3 is 14.6 Å². The van der Waals surface area contributed by atoms with E-state index in [1.54, 1.807) is 0 Å². The van der Waals surface area contributed by atoms with Crippen molar-refractivity contribution < 1.29 is 9.53 Å². The van der Waals surface area contributed by atoms with Gasteiger partial charge in [-0.25, -0.2) is 4.98 Å². The molecular weight excluding hydrogens is 218 g/mol. The van der Waals surface area contributed by atoms with Gasteiger partial charge in [0, 0.05) is 25.3 Å². The Labute approximate surface area is 101 Å². The van der Waals surface area contributed by atoms with Gasteiger partial charge in [-0.1, -0.05) is 0 Å². The van der Waals surface area contributed by atoms with Crippen molar-refractivity contribution >= 4 is 5.97 Å². The van der Waals surface area contributed by atoms with Gasteiger partial charge in [0.1, 0.15) is 0 Å². The fourth-order valence-electron chi connectivity index (χ4n) is 1.79. The third-order valence-corrected chi connectivity index (χ3v) is 2.80. The van der Waals surface area contributed by atoms with Crippen LogP contribution in [0.5, 0.6) is 0 Å². The molecule has 0 radical (unpaired) electrons. The van der Waals surface area contributed by atoms with E-state index in [2.05, 4.69) is 14.9 Å². The highest BCUT2D eigenvalue weighted by Gasteiger charge is 2.24. The molecule has 5 heteroatoms. The summed E-state index contributed by atoms with van der Waals surface area (Å²) in [4.78, 5) is 15.3. The number of carbonyl (C=O) groups is 1. The Bertz CT molecular complexity index is 372. The van der Waals surface area contributed by atoms with E-state index < -0.39 is 0 Å². The van der Waals surface area contributed by atoms with Crippen LogP contribution in [0, 0.1) is 0 Å². The number of esters is 1. The molecule has 1 aliphatic carbocycles. The summed E-state index contributed by atoms with van der Waals surface area (Å²) in [6, 6.07) is 0.652. The summed E-state index contributed by atoms with van der Waals surface area (Å²) in [6.07, 6.45) is 6.71. The number of imidazole rings is 1. The number of nitrogens with zero attached hydrogens (tertiary/aromatic N) is 2. The lowest BCUT2D eigenvalue weighted by molar-refractivity contribution is -0.142. The summed E-state index contributed by atoms with van der Waals surface area (Å²) in [5.74, 6) is -0.143. The lowest BCUT2D eigenvalue weighted by Gasteiger charge is -2.07. The predicted octanol–water partition coefficient (Wildman–Crippen LogP) is 1.26. The minimum Gasteiger partial charge on any atom is -0.466 e. The van der Waals surface area contributed by atoms with Crippen LogP contribution >= 0.6 is 0 Å². The minimum atomic E-state index is -0.143. The highest BCUT2D eigenvalue weighted by atomic mass is 16.5. The van der Waals surface area contributed by atoms with Gasteiger partial charge in [-0.2, -0.15) is 0 Å². The first-order chi connectivity index (χ1) is 8.31. The minimum absolute atomic E-state index is 0.143. The molecular formula is C12H19N3O2. The van der Waals surface area contributed by atoms with Gasteiger partial charge in [0.25, 0.3) is 0 Å². The van der Waals surface area contributed by atoms with Gasteiger partial charge in [-0.3, -0.25) is 4.79 Å².